The van der Waals surface area contributed by atoms with Crippen molar-refractivity contribution in [3.05, 3.63) is 32.1 Å². The fraction of sp³-hybridized carbons (Fsp3) is 0.636. The Balaban J connectivity index is 3.53. The van der Waals surface area contributed by atoms with Gasteiger partial charge in [-0.1, -0.05) is 13.8 Å². The highest BCUT2D eigenvalue weighted by molar-refractivity contribution is 5.14. The van der Waals surface area contributed by atoms with Crippen molar-refractivity contribution < 1.29 is 0 Å². The maximum Gasteiger partial charge on any atom is 0.330 e. The van der Waals surface area contributed by atoms with Crippen LogP contribution in [0.5, 0.6) is 0 Å². The van der Waals surface area contributed by atoms with Gasteiger partial charge in [0.15, 0.2) is 0 Å². The molecule has 4 heteroatoms. The predicted octanol–water partition coefficient (Wildman–Crippen LogP) is 0.820. The zero-order chi connectivity index (χ0) is 11.7. The van der Waals surface area contributed by atoms with Gasteiger partial charge in [0.25, 0.3) is 5.56 Å². The van der Waals surface area contributed by atoms with E-state index in [0.29, 0.717) is 18.0 Å². The lowest BCUT2D eigenvalue weighted by molar-refractivity contribution is 0.475. The fourth-order valence-corrected chi connectivity index (χ4v) is 1.60. The lowest BCUT2D eigenvalue weighted by Crippen LogP contribution is -2.41. The lowest BCUT2D eigenvalue weighted by Gasteiger charge is -2.15. The topological polar surface area (TPSA) is 44.0 Å². The molecule has 0 aromatic carbocycles. The highest BCUT2D eigenvalue weighted by Crippen LogP contribution is 2.02. The van der Waals surface area contributed by atoms with Crippen LogP contribution in [0.4, 0.5) is 0 Å². The SMILES string of the molecule is Cc1c(C)n(CC(C)C)c(=O)n(C)c1=O. The summed E-state index contributed by atoms with van der Waals surface area (Å²) in [7, 11) is 1.52. The summed E-state index contributed by atoms with van der Waals surface area (Å²) in [6, 6.07) is 0. The molecule has 0 spiro atoms. The summed E-state index contributed by atoms with van der Waals surface area (Å²) in [5.41, 5.74) is 1.00. The molecule has 0 atom stereocenters. The maximum atomic E-state index is 11.8. The lowest BCUT2D eigenvalue weighted by atomic mass is 10.2. The Morgan fingerprint density at radius 3 is 2.20 bits per heavy atom. The van der Waals surface area contributed by atoms with E-state index in [-0.39, 0.29) is 11.2 Å². The highest BCUT2D eigenvalue weighted by atomic mass is 16.2. The van der Waals surface area contributed by atoms with Crippen LogP contribution in [-0.2, 0) is 13.6 Å². The van der Waals surface area contributed by atoms with Gasteiger partial charge in [0.1, 0.15) is 0 Å². The van der Waals surface area contributed by atoms with E-state index in [2.05, 4.69) is 0 Å². The third-order valence-corrected chi connectivity index (χ3v) is 2.64. The third-order valence-electron chi connectivity index (χ3n) is 2.64. The van der Waals surface area contributed by atoms with Crippen molar-refractivity contribution in [2.45, 2.75) is 34.2 Å². The molecule has 1 rings (SSSR count). The Morgan fingerprint density at radius 1 is 1.20 bits per heavy atom. The van der Waals surface area contributed by atoms with Crippen molar-refractivity contribution >= 4 is 0 Å². The van der Waals surface area contributed by atoms with Gasteiger partial charge in [0.2, 0.25) is 0 Å². The summed E-state index contributed by atoms with van der Waals surface area (Å²) in [6.07, 6.45) is 0. The predicted molar refractivity (Wildman–Crippen MR) is 60.3 cm³/mol. The van der Waals surface area contributed by atoms with E-state index in [9.17, 15) is 9.59 Å². The average molecular weight is 210 g/mol. The molecule has 15 heavy (non-hydrogen) atoms. The average Bonchev–Trinajstić information content (AvgIpc) is 2.18. The summed E-state index contributed by atoms with van der Waals surface area (Å²) >= 11 is 0. The molecule has 0 saturated carbocycles. The number of aromatic nitrogens is 2. The van der Waals surface area contributed by atoms with Crippen LogP contribution in [0.2, 0.25) is 0 Å². The molecule has 0 aliphatic heterocycles. The number of hydrogen-bond acceptors (Lipinski definition) is 2. The van der Waals surface area contributed by atoms with E-state index in [4.69, 9.17) is 0 Å². The molecule has 0 fully saturated rings. The Bertz CT molecular complexity index is 481. The van der Waals surface area contributed by atoms with Crippen molar-refractivity contribution in [1.29, 1.82) is 0 Å². The summed E-state index contributed by atoms with van der Waals surface area (Å²) in [6.45, 7) is 8.33. The molecular weight excluding hydrogens is 192 g/mol. The number of nitrogens with zero attached hydrogens (tertiary/aromatic N) is 2. The summed E-state index contributed by atoms with van der Waals surface area (Å²) in [4.78, 5) is 23.4. The van der Waals surface area contributed by atoms with Crippen molar-refractivity contribution in [2.75, 3.05) is 0 Å². The van der Waals surface area contributed by atoms with Crippen LogP contribution in [0.15, 0.2) is 9.59 Å². The third kappa shape index (κ3) is 2.03. The van der Waals surface area contributed by atoms with Gasteiger partial charge in [-0.15, -0.1) is 0 Å². The van der Waals surface area contributed by atoms with Crippen LogP contribution in [0.1, 0.15) is 25.1 Å². The molecule has 0 aliphatic carbocycles. The zero-order valence-electron chi connectivity index (χ0n) is 10.00. The molecule has 1 aromatic heterocycles. The van der Waals surface area contributed by atoms with Crippen molar-refractivity contribution in [3.8, 4) is 0 Å². The van der Waals surface area contributed by atoms with E-state index >= 15 is 0 Å². The van der Waals surface area contributed by atoms with Crippen molar-refractivity contribution in [2.24, 2.45) is 13.0 Å². The van der Waals surface area contributed by atoms with Crippen LogP contribution in [0, 0.1) is 19.8 Å². The largest absolute Gasteiger partial charge is 0.330 e. The van der Waals surface area contributed by atoms with Crippen LogP contribution in [0.25, 0.3) is 0 Å². The van der Waals surface area contributed by atoms with Gasteiger partial charge in [-0.2, -0.15) is 0 Å². The molecule has 0 saturated heterocycles. The maximum absolute atomic E-state index is 11.8. The Morgan fingerprint density at radius 2 is 1.73 bits per heavy atom. The monoisotopic (exact) mass is 210 g/mol. The molecule has 4 nitrogen and oxygen atoms in total. The fourth-order valence-electron chi connectivity index (χ4n) is 1.60. The summed E-state index contributed by atoms with van der Waals surface area (Å²) in [5.74, 6) is 0.387. The van der Waals surface area contributed by atoms with Crippen LogP contribution >= 0.6 is 0 Å². The van der Waals surface area contributed by atoms with Gasteiger partial charge in [-0.05, 0) is 19.8 Å². The smallest absolute Gasteiger partial charge is 0.297 e. The molecule has 0 N–H and O–H groups in total. The van der Waals surface area contributed by atoms with Crippen molar-refractivity contribution in [1.82, 2.24) is 9.13 Å². The molecule has 0 bridgehead atoms. The molecule has 84 valence electrons. The number of hydrogen-bond donors (Lipinski definition) is 0. The van der Waals surface area contributed by atoms with Crippen LogP contribution in [-0.4, -0.2) is 9.13 Å². The normalized spacial score (nSPS) is 11.1. The van der Waals surface area contributed by atoms with E-state index in [0.717, 1.165) is 5.69 Å². The summed E-state index contributed by atoms with van der Waals surface area (Å²) in [5, 5.41) is 0. The quantitative estimate of drug-likeness (QED) is 0.725. The van der Waals surface area contributed by atoms with Crippen LogP contribution in [0.3, 0.4) is 0 Å². The van der Waals surface area contributed by atoms with Gasteiger partial charge in [-0.3, -0.25) is 13.9 Å². The van der Waals surface area contributed by atoms with E-state index in [1.807, 2.05) is 20.8 Å². The van der Waals surface area contributed by atoms with E-state index < -0.39 is 0 Å². The Hall–Kier alpha value is -1.32. The van der Waals surface area contributed by atoms with E-state index in [1.165, 1.54) is 11.6 Å². The second-order valence-electron chi connectivity index (χ2n) is 4.36. The van der Waals surface area contributed by atoms with Crippen LogP contribution < -0.4 is 11.2 Å². The van der Waals surface area contributed by atoms with Gasteiger partial charge < -0.3 is 0 Å². The van der Waals surface area contributed by atoms with E-state index in [1.54, 1.807) is 11.5 Å². The summed E-state index contributed by atoms with van der Waals surface area (Å²) < 4.78 is 2.84. The molecular formula is C11H18N2O2. The standard InChI is InChI=1S/C11H18N2O2/c1-7(2)6-13-9(4)8(3)10(14)12(5)11(13)15/h7H,6H2,1-5H3. The molecule has 0 radical (unpaired) electrons. The first-order valence-corrected chi connectivity index (χ1v) is 5.13. The minimum Gasteiger partial charge on any atom is -0.297 e. The molecule has 1 heterocycles. The van der Waals surface area contributed by atoms with Gasteiger partial charge in [0.05, 0.1) is 0 Å². The second kappa shape index (κ2) is 4.04. The van der Waals surface area contributed by atoms with Gasteiger partial charge in [-0.25, -0.2) is 4.79 Å². The molecule has 0 aliphatic rings. The Kier molecular flexibility index (Phi) is 3.17. The first-order chi connectivity index (χ1) is 6.86. The molecule has 0 unspecified atom stereocenters. The Labute approximate surface area is 89.2 Å². The zero-order valence-corrected chi connectivity index (χ0v) is 10.00. The van der Waals surface area contributed by atoms with Crippen molar-refractivity contribution in [3.63, 3.8) is 0 Å². The molecule has 0 amide bonds. The minimum absolute atomic E-state index is 0.197. The highest BCUT2D eigenvalue weighted by Gasteiger charge is 2.11. The van der Waals surface area contributed by atoms with Gasteiger partial charge >= 0.3 is 5.69 Å². The first-order valence-electron chi connectivity index (χ1n) is 5.13. The van der Waals surface area contributed by atoms with Gasteiger partial charge in [0, 0.05) is 24.8 Å². The first kappa shape index (κ1) is 11.8. The number of rotatable bonds is 2. The minimum atomic E-state index is -0.225. The second-order valence-corrected chi connectivity index (χ2v) is 4.36. The molecule has 1 aromatic rings.